The maximum Gasteiger partial charge on any atom is 0.261 e. The smallest absolute Gasteiger partial charge is 0.261 e. The van der Waals surface area contributed by atoms with Crippen molar-refractivity contribution in [1.82, 2.24) is 10.8 Å². The van der Waals surface area contributed by atoms with Crippen LogP contribution in [0.3, 0.4) is 0 Å². The number of hydrogen-bond acceptors (Lipinski definition) is 4. The van der Waals surface area contributed by atoms with Crippen LogP contribution in [0.25, 0.3) is 11.1 Å². The molecule has 0 aliphatic carbocycles. The van der Waals surface area contributed by atoms with Crippen LogP contribution in [0.5, 0.6) is 0 Å². The molecule has 0 aromatic heterocycles. The zero-order chi connectivity index (χ0) is 15.1. The van der Waals surface area contributed by atoms with Crippen molar-refractivity contribution in [2.45, 2.75) is 12.6 Å². The lowest BCUT2D eigenvalue weighted by Gasteiger charge is -2.16. The van der Waals surface area contributed by atoms with Gasteiger partial charge in [0, 0.05) is 12.3 Å². The summed E-state index contributed by atoms with van der Waals surface area (Å²) in [5.74, 6) is -0.179. The Kier molecular flexibility index (Phi) is 5.80. The van der Waals surface area contributed by atoms with E-state index < -0.39 is 11.9 Å². The largest absolute Gasteiger partial charge is 0.301 e. The fourth-order valence-corrected chi connectivity index (χ4v) is 2.42. The van der Waals surface area contributed by atoms with Crippen molar-refractivity contribution in [3.05, 3.63) is 60.2 Å². The molecule has 0 saturated carbocycles. The third-order valence-electron chi connectivity index (χ3n) is 3.25. The van der Waals surface area contributed by atoms with E-state index in [0.29, 0.717) is 12.3 Å². The van der Waals surface area contributed by atoms with Crippen molar-refractivity contribution in [3.8, 4) is 11.1 Å². The van der Waals surface area contributed by atoms with E-state index in [2.05, 4.69) is 30.1 Å². The van der Waals surface area contributed by atoms with E-state index in [1.165, 1.54) is 0 Å². The summed E-state index contributed by atoms with van der Waals surface area (Å²) in [5.41, 5.74) is 4.98. The molecule has 3 N–H and O–H groups in total. The summed E-state index contributed by atoms with van der Waals surface area (Å²) in [5, 5.41) is 11.8. The normalized spacial score (nSPS) is 11.9. The predicted molar refractivity (Wildman–Crippen MR) is 86.3 cm³/mol. The number of hydroxylamine groups is 1. The third-order valence-corrected chi connectivity index (χ3v) is 3.62. The van der Waals surface area contributed by atoms with Crippen LogP contribution >= 0.6 is 12.6 Å². The second-order valence-corrected chi connectivity index (χ2v) is 4.98. The van der Waals surface area contributed by atoms with Gasteiger partial charge in [-0.2, -0.15) is 12.6 Å². The molecule has 0 spiro atoms. The van der Waals surface area contributed by atoms with Gasteiger partial charge in [-0.25, -0.2) is 5.48 Å². The molecular weight excluding hydrogens is 284 g/mol. The number of carbonyl (C=O) groups is 1. The predicted octanol–water partition coefficient (Wildman–Crippen LogP) is 2.25. The van der Waals surface area contributed by atoms with Crippen molar-refractivity contribution in [2.75, 3.05) is 5.75 Å². The van der Waals surface area contributed by atoms with Gasteiger partial charge in [0.2, 0.25) is 0 Å². The van der Waals surface area contributed by atoms with Gasteiger partial charge < -0.3 is 5.32 Å². The Labute approximate surface area is 129 Å². The number of amides is 1. The molecule has 1 amide bonds. The molecule has 0 aliphatic rings. The molecule has 2 rings (SSSR count). The Morgan fingerprint density at radius 2 is 1.76 bits per heavy atom. The molecule has 0 bridgehead atoms. The van der Waals surface area contributed by atoms with E-state index in [1.54, 1.807) is 5.48 Å². The fraction of sp³-hybridized carbons (Fsp3) is 0.188. The quantitative estimate of drug-likeness (QED) is 0.376. The Bertz CT molecular complexity index is 590. The number of rotatable bonds is 6. The van der Waals surface area contributed by atoms with Gasteiger partial charge in [-0.1, -0.05) is 54.6 Å². The van der Waals surface area contributed by atoms with Crippen molar-refractivity contribution in [2.24, 2.45) is 0 Å². The zero-order valence-corrected chi connectivity index (χ0v) is 12.4. The molecule has 5 heteroatoms. The summed E-state index contributed by atoms with van der Waals surface area (Å²) in [4.78, 5) is 11.4. The molecule has 21 heavy (non-hydrogen) atoms. The van der Waals surface area contributed by atoms with Gasteiger partial charge >= 0.3 is 0 Å². The van der Waals surface area contributed by atoms with E-state index >= 15 is 0 Å². The van der Waals surface area contributed by atoms with Crippen LogP contribution in [0.2, 0.25) is 0 Å². The van der Waals surface area contributed by atoms with Gasteiger partial charge in [0.15, 0.2) is 0 Å². The first kappa shape index (κ1) is 15.6. The highest BCUT2D eigenvalue weighted by Crippen LogP contribution is 2.23. The van der Waals surface area contributed by atoms with E-state index in [9.17, 15) is 4.79 Å². The molecule has 0 fully saturated rings. The minimum absolute atomic E-state index is 0.305. The molecule has 0 radical (unpaired) electrons. The molecule has 2 aromatic rings. The molecule has 0 unspecified atom stereocenters. The van der Waals surface area contributed by atoms with Gasteiger partial charge in [0.1, 0.15) is 0 Å². The summed E-state index contributed by atoms with van der Waals surface area (Å²) < 4.78 is 0. The third kappa shape index (κ3) is 4.07. The standard InChI is InChI=1S/C16H18N2O2S/c19-16(18-20)15(11-21)17-10-13-8-4-5-9-14(13)12-6-2-1-3-7-12/h1-9,15,17,20-21H,10-11H2,(H,18,19)/t15-/m0/s1. The Morgan fingerprint density at radius 3 is 2.43 bits per heavy atom. The molecule has 110 valence electrons. The molecule has 1 atom stereocenters. The van der Waals surface area contributed by atoms with Gasteiger partial charge in [0.05, 0.1) is 6.04 Å². The zero-order valence-electron chi connectivity index (χ0n) is 11.5. The lowest BCUT2D eigenvalue weighted by atomic mass is 9.99. The van der Waals surface area contributed by atoms with Gasteiger partial charge in [0.25, 0.3) is 5.91 Å². The first-order chi connectivity index (χ1) is 10.3. The summed E-state index contributed by atoms with van der Waals surface area (Å²) in [6.45, 7) is 0.518. The van der Waals surface area contributed by atoms with Crippen LogP contribution < -0.4 is 10.8 Å². The van der Waals surface area contributed by atoms with Crippen LogP contribution in [-0.4, -0.2) is 22.9 Å². The minimum atomic E-state index is -0.540. The summed E-state index contributed by atoms with van der Waals surface area (Å²) in [7, 11) is 0. The summed E-state index contributed by atoms with van der Waals surface area (Å²) in [6, 6.07) is 17.5. The minimum Gasteiger partial charge on any atom is -0.301 e. The Balaban J connectivity index is 2.16. The van der Waals surface area contributed by atoms with Crippen LogP contribution in [-0.2, 0) is 11.3 Å². The van der Waals surface area contributed by atoms with Crippen molar-refractivity contribution in [1.29, 1.82) is 0 Å². The summed E-state index contributed by atoms with van der Waals surface area (Å²) >= 11 is 4.12. The van der Waals surface area contributed by atoms with Crippen molar-refractivity contribution in [3.63, 3.8) is 0 Å². The van der Waals surface area contributed by atoms with Crippen LogP contribution in [0, 0.1) is 0 Å². The lowest BCUT2D eigenvalue weighted by Crippen LogP contribution is -2.44. The van der Waals surface area contributed by atoms with Crippen LogP contribution in [0.4, 0.5) is 0 Å². The number of benzene rings is 2. The van der Waals surface area contributed by atoms with Crippen molar-refractivity contribution >= 4 is 18.5 Å². The SMILES string of the molecule is O=C(NO)[C@H](CS)NCc1ccccc1-c1ccccc1. The first-order valence-corrected chi connectivity index (χ1v) is 7.31. The van der Waals surface area contributed by atoms with Gasteiger partial charge in [-0.3, -0.25) is 10.0 Å². The topological polar surface area (TPSA) is 61.4 Å². The number of nitrogens with one attached hydrogen (secondary N) is 2. The highest BCUT2D eigenvalue weighted by Gasteiger charge is 2.15. The second kappa shape index (κ2) is 7.83. The van der Waals surface area contributed by atoms with E-state index in [1.807, 2.05) is 42.5 Å². The first-order valence-electron chi connectivity index (χ1n) is 6.67. The number of hydrogen-bond donors (Lipinski definition) is 4. The maximum absolute atomic E-state index is 11.4. The van der Waals surface area contributed by atoms with Crippen LogP contribution in [0.15, 0.2) is 54.6 Å². The molecule has 0 aliphatic heterocycles. The van der Waals surface area contributed by atoms with Gasteiger partial charge in [-0.15, -0.1) is 0 Å². The molecule has 0 heterocycles. The summed E-state index contributed by atoms with van der Waals surface area (Å²) in [6.07, 6.45) is 0. The highest BCUT2D eigenvalue weighted by atomic mass is 32.1. The Hall–Kier alpha value is -1.82. The van der Waals surface area contributed by atoms with Crippen molar-refractivity contribution < 1.29 is 10.0 Å². The molecular formula is C16H18N2O2S. The lowest BCUT2D eigenvalue weighted by molar-refractivity contribution is -0.130. The second-order valence-electron chi connectivity index (χ2n) is 4.62. The molecule has 4 nitrogen and oxygen atoms in total. The Morgan fingerprint density at radius 1 is 1.10 bits per heavy atom. The number of thiol groups is 1. The molecule has 2 aromatic carbocycles. The average molecular weight is 302 g/mol. The monoisotopic (exact) mass is 302 g/mol. The van der Waals surface area contributed by atoms with Crippen LogP contribution in [0.1, 0.15) is 5.56 Å². The van der Waals surface area contributed by atoms with E-state index in [-0.39, 0.29) is 0 Å². The average Bonchev–Trinajstić information content (AvgIpc) is 2.56. The molecule has 0 saturated heterocycles. The van der Waals surface area contributed by atoms with Gasteiger partial charge in [-0.05, 0) is 16.7 Å². The fourth-order valence-electron chi connectivity index (χ4n) is 2.13. The number of carbonyl (C=O) groups excluding carboxylic acids is 1. The van der Waals surface area contributed by atoms with E-state index in [0.717, 1.165) is 16.7 Å². The highest BCUT2D eigenvalue weighted by molar-refractivity contribution is 7.80. The maximum atomic E-state index is 11.4. The van der Waals surface area contributed by atoms with E-state index in [4.69, 9.17) is 5.21 Å².